The van der Waals surface area contributed by atoms with Gasteiger partial charge in [-0.2, -0.15) is 10.2 Å². The fraction of sp³-hybridized carbons (Fsp3) is 0.103. The summed E-state index contributed by atoms with van der Waals surface area (Å²) in [5.74, 6) is -0.140. The third kappa shape index (κ3) is 4.54. The number of amides is 1. The molecule has 7 nitrogen and oxygen atoms in total. The molecule has 0 radical (unpaired) electrons. The van der Waals surface area contributed by atoms with Gasteiger partial charge in [0.25, 0.3) is 0 Å². The van der Waals surface area contributed by atoms with Gasteiger partial charge in [0, 0.05) is 40.5 Å². The lowest BCUT2D eigenvalue weighted by molar-refractivity contribution is -0.121. The Hall–Kier alpha value is -4.56. The predicted octanol–water partition coefficient (Wildman–Crippen LogP) is 5.64. The third-order valence-electron chi connectivity index (χ3n) is 6.22. The van der Waals surface area contributed by atoms with Crippen LogP contribution in [-0.4, -0.2) is 30.5 Å². The summed E-state index contributed by atoms with van der Waals surface area (Å²) in [4.78, 5) is 18.8. The van der Waals surface area contributed by atoms with Gasteiger partial charge in [0.1, 0.15) is 6.54 Å². The van der Waals surface area contributed by atoms with E-state index in [4.69, 9.17) is 5.10 Å². The van der Waals surface area contributed by atoms with E-state index in [9.17, 15) is 4.79 Å². The SMILES string of the molecule is Cc1nn(CC(=O)NCc2cn(-c3ccccc3)nc2-c2ccccc2)c2nccc(-c3cccs3)c12. The van der Waals surface area contributed by atoms with Crippen LogP contribution in [-0.2, 0) is 17.9 Å². The number of rotatable bonds is 7. The number of pyridine rings is 1. The van der Waals surface area contributed by atoms with Gasteiger partial charge in [-0.05, 0) is 36.6 Å². The molecule has 0 fully saturated rings. The van der Waals surface area contributed by atoms with Crippen LogP contribution in [0.4, 0.5) is 0 Å². The highest BCUT2D eigenvalue weighted by Gasteiger charge is 2.17. The smallest absolute Gasteiger partial charge is 0.242 e. The molecule has 0 bridgehead atoms. The summed E-state index contributed by atoms with van der Waals surface area (Å²) in [6.45, 7) is 2.39. The van der Waals surface area contributed by atoms with E-state index < -0.39 is 0 Å². The van der Waals surface area contributed by atoms with Gasteiger partial charge < -0.3 is 5.32 Å². The van der Waals surface area contributed by atoms with E-state index in [-0.39, 0.29) is 12.5 Å². The minimum absolute atomic E-state index is 0.0821. The maximum atomic E-state index is 13.1. The fourth-order valence-electron chi connectivity index (χ4n) is 4.51. The lowest BCUT2D eigenvalue weighted by Gasteiger charge is -2.07. The van der Waals surface area contributed by atoms with Crippen molar-refractivity contribution in [3.63, 3.8) is 0 Å². The van der Waals surface area contributed by atoms with Gasteiger partial charge in [-0.15, -0.1) is 11.3 Å². The number of thiophene rings is 1. The summed E-state index contributed by atoms with van der Waals surface area (Å²) in [6.07, 6.45) is 3.75. The Bertz CT molecular complexity index is 1670. The third-order valence-corrected chi connectivity index (χ3v) is 7.13. The van der Waals surface area contributed by atoms with Gasteiger partial charge in [-0.1, -0.05) is 54.6 Å². The summed E-state index contributed by atoms with van der Waals surface area (Å²) in [7, 11) is 0. The lowest BCUT2D eigenvalue weighted by atomic mass is 10.1. The number of carbonyl (C=O) groups is 1. The molecule has 0 aliphatic heterocycles. The second-order valence-corrected chi connectivity index (χ2v) is 9.65. The van der Waals surface area contributed by atoms with Crippen LogP contribution in [0, 0.1) is 6.92 Å². The fourth-order valence-corrected chi connectivity index (χ4v) is 5.26. The number of fused-ring (bicyclic) bond motifs is 1. The molecule has 2 aromatic carbocycles. The first kappa shape index (κ1) is 22.9. The van der Waals surface area contributed by atoms with Gasteiger partial charge >= 0.3 is 0 Å². The number of nitrogens with zero attached hydrogens (tertiary/aromatic N) is 5. The average molecular weight is 505 g/mol. The highest BCUT2D eigenvalue weighted by molar-refractivity contribution is 7.13. The van der Waals surface area contributed by atoms with Gasteiger partial charge in [0.05, 0.1) is 22.5 Å². The molecule has 6 rings (SSSR count). The minimum Gasteiger partial charge on any atom is -0.350 e. The Balaban J connectivity index is 1.25. The van der Waals surface area contributed by atoms with Crippen molar-refractivity contribution in [3.8, 4) is 27.4 Å². The van der Waals surface area contributed by atoms with Crippen molar-refractivity contribution in [2.45, 2.75) is 20.0 Å². The zero-order chi connectivity index (χ0) is 25.2. The first-order valence-corrected chi connectivity index (χ1v) is 12.9. The molecular weight excluding hydrogens is 480 g/mol. The summed E-state index contributed by atoms with van der Waals surface area (Å²) in [5, 5.41) is 15.6. The first-order chi connectivity index (χ1) is 18.2. The number of para-hydroxylation sites is 1. The van der Waals surface area contributed by atoms with E-state index in [0.29, 0.717) is 12.2 Å². The van der Waals surface area contributed by atoms with Crippen LogP contribution >= 0.6 is 11.3 Å². The molecule has 0 atom stereocenters. The Morgan fingerprint density at radius 1 is 0.946 bits per heavy atom. The Labute approximate surface area is 218 Å². The number of benzene rings is 2. The second kappa shape index (κ2) is 9.83. The highest BCUT2D eigenvalue weighted by atomic mass is 32.1. The zero-order valence-corrected chi connectivity index (χ0v) is 21.0. The summed E-state index contributed by atoms with van der Waals surface area (Å²) >= 11 is 1.68. The van der Waals surface area contributed by atoms with Crippen molar-refractivity contribution in [3.05, 3.63) is 108 Å². The topological polar surface area (TPSA) is 77.6 Å². The molecule has 4 aromatic heterocycles. The van der Waals surface area contributed by atoms with Crippen LogP contribution < -0.4 is 5.32 Å². The van der Waals surface area contributed by atoms with Gasteiger partial charge in [-0.3, -0.25) is 4.79 Å². The molecule has 0 aliphatic carbocycles. The molecule has 182 valence electrons. The number of carbonyl (C=O) groups excluding carboxylic acids is 1. The molecule has 8 heteroatoms. The molecule has 1 N–H and O–H groups in total. The predicted molar refractivity (Wildman–Crippen MR) is 146 cm³/mol. The highest BCUT2D eigenvalue weighted by Crippen LogP contribution is 2.32. The standard InChI is InChI=1S/C29H24N6OS/c1-20-27-24(25-13-8-16-37-25)14-15-30-29(27)35(32-20)19-26(36)31-17-22-18-34(23-11-6-3-7-12-23)33-28(22)21-9-4-2-5-10-21/h2-16,18H,17,19H2,1H3,(H,31,36). The summed E-state index contributed by atoms with van der Waals surface area (Å²) in [6, 6.07) is 26.1. The van der Waals surface area contributed by atoms with Crippen molar-refractivity contribution in [2.24, 2.45) is 0 Å². The zero-order valence-electron chi connectivity index (χ0n) is 20.2. The van der Waals surface area contributed by atoms with E-state index in [2.05, 4.69) is 26.8 Å². The molecule has 4 heterocycles. The summed E-state index contributed by atoms with van der Waals surface area (Å²) in [5.41, 5.74) is 6.39. The Morgan fingerprint density at radius 3 is 2.49 bits per heavy atom. The first-order valence-electron chi connectivity index (χ1n) is 12.0. The van der Waals surface area contributed by atoms with Gasteiger partial charge in [-0.25, -0.2) is 14.3 Å². The van der Waals surface area contributed by atoms with Crippen molar-refractivity contribution in [1.82, 2.24) is 29.9 Å². The Kier molecular flexibility index (Phi) is 6.08. The number of aromatic nitrogens is 5. The van der Waals surface area contributed by atoms with Crippen molar-refractivity contribution in [2.75, 3.05) is 0 Å². The maximum Gasteiger partial charge on any atom is 0.242 e. The maximum absolute atomic E-state index is 13.1. The van der Waals surface area contributed by atoms with E-state index in [1.807, 2.05) is 90.6 Å². The summed E-state index contributed by atoms with van der Waals surface area (Å²) < 4.78 is 3.53. The minimum atomic E-state index is -0.140. The van der Waals surface area contributed by atoms with Crippen molar-refractivity contribution >= 4 is 28.3 Å². The largest absolute Gasteiger partial charge is 0.350 e. The van der Waals surface area contributed by atoms with Crippen LogP contribution in [0.3, 0.4) is 0 Å². The normalized spacial score (nSPS) is 11.2. The number of nitrogens with one attached hydrogen (secondary N) is 1. The quantitative estimate of drug-likeness (QED) is 0.305. The van der Waals surface area contributed by atoms with Gasteiger partial charge in [0.15, 0.2) is 5.65 Å². The molecule has 0 spiro atoms. The van der Waals surface area contributed by atoms with Crippen LogP contribution in [0.1, 0.15) is 11.3 Å². The molecule has 0 unspecified atom stereocenters. The van der Waals surface area contributed by atoms with E-state index >= 15 is 0 Å². The van der Waals surface area contributed by atoms with E-state index in [1.165, 1.54) is 0 Å². The molecule has 37 heavy (non-hydrogen) atoms. The van der Waals surface area contributed by atoms with Crippen LogP contribution in [0.5, 0.6) is 0 Å². The number of hydrogen-bond donors (Lipinski definition) is 1. The number of aryl methyl sites for hydroxylation is 1. The molecule has 0 saturated heterocycles. The van der Waals surface area contributed by atoms with Crippen LogP contribution in [0.15, 0.2) is 96.6 Å². The van der Waals surface area contributed by atoms with Crippen LogP contribution in [0.2, 0.25) is 0 Å². The Morgan fingerprint density at radius 2 is 1.73 bits per heavy atom. The monoisotopic (exact) mass is 504 g/mol. The second-order valence-electron chi connectivity index (χ2n) is 8.70. The van der Waals surface area contributed by atoms with E-state index in [0.717, 1.165) is 44.0 Å². The van der Waals surface area contributed by atoms with Crippen molar-refractivity contribution < 1.29 is 4.79 Å². The van der Waals surface area contributed by atoms with Crippen LogP contribution in [0.25, 0.3) is 38.4 Å². The van der Waals surface area contributed by atoms with E-state index in [1.54, 1.807) is 22.2 Å². The molecule has 6 aromatic rings. The molecular formula is C29H24N6OS. The average Bonchev–Trinajstić information content (AvgIpc) is 3.69. The molecule has 0 saturated carbocycles. The molecule has 0 aliphatic rings. The molecule has 1 amide bonds. The van der Waals surface area contributed by atoms with Gasteiger partial charge in [0.2, 0.25) is 5.91 Å². The lowest BCUT2D eigenvalue weighted by Crippen LogP contribution is -2.27. The number of hydrogen-bond acceptors (Lipinski definition) is 5. The van der Waals surface area contributed by atoms with Crippen molar-refractivity contribution in [1.29, 1.82) is 0 Å².